The summed E-state index contributed by atoms with van der Waals surface area (Å²) >= 11 is 1.66. The van der Waals surface area contributed by atoms with Gasteiger partial charge in [0.05, 0.1) is 5.69 Å². The number of hydrogen-bond acceptors (Lipinski definition) is 4. The van der Waals surface area contributed by atoms with Crippen molar-refractivity contribution in [3.63, 3.8) is 0 Å². The van der Waals surface area contributed by atoms with Crippen molar-refractivity contribution in [3.05, 3.63) is 34.2 Å². The van der Waals surface area contributed by atoms with Gasteiger partial charge in [0.15, 0.2) is 0 Å². The van der Waals surface area contributed by atoms with Crippen LogP contribution in [0.5, 0.6) is 0 Å². The van der Waals surface area contributed by atoms with Gasteiger partial charge in [0.2, 0.25) is 11.8 Å². The molecule has 0 aromatic carbocycles. The number of anilines is 1. The molecule has 0 fully saturated rings. The van der Waals surface area contributed by atoms with E-state index < -0.39 is 0 Å². The zero-order valence-corrected chi connectivity index (χ0v) is 9.71. The third-order valence-electron chi connectivity index (χ3n) is 2.07. The molecule has 0 radical (unpaired) electrons. The Bertz CT molecular complexity index is 462. The minimum Gasteiger partial charge on any atom is -0.338 e. The largest absolute Gasteiger partial charge is 0.338 e. The highest BCUT2D eigenvalue weighted by Gasteiger charge is 2.06. The van der Waals surface area contributed by atoms with E-state index >= 15 is 0 Å². The molecule has 2 rings (SSSR count). The Morgan fingerprint density at radius 1 is 1.62 bits per heavy atom. The number of carbonyl (C=O) groups is 1. The lowest BCUT2D eigenvalue weighted by Crippen LogP contribution is -2.11. The van der Waals surface area contributed by atoms with Gasteiger partial charge < -0.3 is 4.52 Å². The first-order chi connectivity index (χ1) is 7.74. The maximum Gasteiger partial charge on any atom is 0.231 e. The number of aromatic nitrogens is 1. The van der Waals surface area contributed by atoms with Crippen LogP contribution in [0, 0.1) is 6.92 Å². The van der Waals surface area contributed by atoms with E-state index in [0.717, 1.165) is 12.1 Å². The second-order valence-corrected chi connectivity index (χ2v) is 4.49. The van der Waals surface area contributed by atoms with Gasteiger partial charge in [-0.2, -0.15) is 0 Å². The molecule has 84 valence electrons. The van der Waals surface area contributed by atoms with Gasteiger partial charge in [0.25, 0.3) is 0 Å². The Morgan fingerprint density at radius 2 is 2.50 bits per heavy atom. The number of carbonyl (C=O) groups excluding carboxylic acids is 1. The van der Waals surface area contributed by atoms with Crippen molar-refractivity contribution in [2.75, 3.05) is 5.32 Å². The van der Waals surface area contributed by atoms with Crippen LogP contribution in [0.1, 0.15) is 17.0 Å². The fourth-order valence-electron chi connectivity index (χ4n) is 1.31. The molecule has 0 atom stereocenters. The van der Waals surface area contributed by atoms with Gasteiger partial charge in [0.1, 0.15) is 0 Å². The molecular weight excluding hydrogens is 224 g/mol. The van der Waals surface area contributed by atoms with E-state index in [1.165, 1.54) is 4.88 Å². The molecule has 1 amide bonds. The summed E-state index contributed by atoms with van der Waals surface area (Å²) in [5.41, 5.74) is 0.758. The monoisotopic (exact) mass is 236 g/mol. The highest BCUT2D eigenvalue weighted by atomic mass is 32.1. The number of nitrogens with zero attached hydrogens (tertiary/aromatic N) is 1. The summed E-state index contributed by atoms with van der Waals surface area (Å²) in [6.45, 7) is 1.81. The Morgan fingerprint density at radius 3 is 3.12 bits per heavy atom. The lowest BCUT2D eigenvalue weighted by Gasteiger charge is -1.99. The molecule has 1 N–H and O–H groups in total. The third kappa shape index (κ3) is 2.93. The SMILES string of the molecule is Cc1cc(NC(=O)CCc2cccs2)on1. The molecule has 0 aliphatic carbocycles. The van der Waals surface area contributed by atoms with E-state index in [4.69, 9.17) is 4.52 Å². The quantitative estimate of drug-likeness (QED) is 0.887. The molecule has 0 unspecified atom stereocenters. The number of nitrogens with one attached hydrogen (secondary N) is 1. The van der Waals surface area contributed by atoms with Crippen LogP contribution in [0.25, 0.3) is 0 Å². The van der Waals surface area contributed by atoms with E-state index in [-0.39, 0.29) is 5.91 Å². The van der Waals surface area contributed by atoms with Crippen LogP contribution in [0.3, 0.4) is 0 Å². The number of amides is 1. The van der Waals surface area contributed by atoms with Crippen molar-refractivity contribution in [1.29, 1.82) is 0 Å². The van der Waals surface area contributed by atoms with Crippen molar-refractivity contribution in [2.45, 2.75) is 19.8 Å². The van der Waals surface area contributed by atoms with Crippen LogP contribution in [0.2, 0.25) is 0 Å². The van der Waals surface area contributed by atoms with Gasteiger partial charge in [-0.3, -0.25) is 10.1 Å². The highest BCUT2D eigenvalue weighted by molar-refractivity contribution is 7.09. The van der Waals surface area contributed by atoms with Crippen molar-refractivity contribution >= 4 is 23.1 Å². The molecule has 16 heavy (non-hydrogen) atoms. The third-order valence-corrected chi connectivity index (χ3v) is 3.01. The molecule has 0 saturated heterocycles. The summed E-state index contributed by atoms with van der Waals surface area (Å²) in [4.78, 5) is 12.7. The fourth-order valence-corrected chi connectivity index (χ4v) is 2.02. The maximum absolute atomic E-state index is 11.5. The Hall–Kier alpha value is -1.62. The Kier molecular flexibility index (Phi) is 3.36. The minimum absolute atomic E-state index is 0.0513. The topological polar surface area (TPSA) is 55.1 Å². The van der Waals surface area contributed by atoms with Crippen molar-refractivity contribution in [2.24, 2.45) is 0 Å². The predicted molar refractivity (Wildman–Crippen MR) is 62.5 cm³/mol. The van der Waals surface area contributed by atoms with Crippen LogP contribution >= 0.6 is 11.3 Å². The average Bonchev–Trinajstić information content (AvgIpc) is 2.87. The summed E-state index contributed by atoms with van der Waals surface area (Å²) in [6, 6.07) is 5.71. The van der Waals surface area contributed by atoms with E-state index in [9.17, 15) is 4.79 Å². The van der Waals surface area contributed by atoms with Gasteiger partial charge in [-0.1, -0.05) is 11.2 Å². The zero-order chi connectivity index (χ0) is 11.4. The van der Waals surface area contributed by atoms with Gasteiger partial charge in [-0.05, 0) is 24.8 Å². The van der Waals surface area contributed by atoms with Crippen LogP contribution in [0.4, 0.5) is 5.88 Å². The smallest absolute Gasteiger partial charge is 0.231 e. The number of aryl methyl sites for hydroxylation is 2. The molecule has 0 bridgehead atoms. The van der Waals surface area contributed by atoms with Crippen molar-refractivity contribution in [1.82, 2.24) is 5.16 Å². The van der Waals surface area contributed by atoms with Crippen LogP contribution in [-0.2, 0) is 11.2 Å². The summed E-state index contributed by atoms with van der Waals surface area (Å²) < 4.78 is 4.89. The molecule has 0 aliphatic rings. The molecule has 2 aromatic rings. The van der Waals surface area contributed by atoms with Gasteiger partial charge in [-0.25, -0.2) is 0 Å². The summed E-state index contributed by atoms with van der Waals surface area (Å²) in [6.07, 6.45) is 1.22. The van der Waals surface area contributed by atoms with E-state index in [2.05, 4.69) is 10.5 Å². The Balaban J connectivity index is 1.81. The van der Waals surface area contributed by atoms with Crippen molar-refractivity contribution in [3.8, 4) is 0 Å². The second-order valence-electron chi connectivity index (χ2n) is 3.46. The molecule has 5 heteroatoms. The molecular formula is C11H12N2O2S. The van der Waals surface area contributed by atoms with Gasteiger partial charge >= 0.3 is 0 Å². The summed E-state index contributed by atoms with van der Waals surface area (Å²) in [5, 5.41) is 8.36. The summed E-state index contributed by atoms with van der Waals surface area (Å²) in [7, 11) is 0. The van der Waals surface area contributed by atoms with Gasteiger partial charge in [-0.15, -0.1) is 11.3 Å². The fraction of sp³-hybridized carbons (Fsp3) is 0.273. The molecule has 0 spiro atoms. The van der Waals surface area contributed by atoms with Crippen LogP contribution in [-0.4, -0.2) is 11.1 Å². The summed E-state index contributed by atoms with van der Waals surface area (Å²) in [5.74, 6) is 0.359. The lowest BCUT2D eigenvalue weighted by molar-refractivity contribution is -0.116. The second kappa shape index (κ2) is 4.94. The van der Waals surface area contributed by atoms with Crippen LogP contribution < -0.4 is 5.32 Å². The highest BCUT2D eigenvalue weighted by Crippen LogP contribution is 2.12. The Labute approximate surface area is 97.3 Å². The number of hydrogen-bond donors (Lipinski definition) is 1. The lowest BCUT2D eigenvalue weighted by atomic mass is 10.2. The molecule has 0 aliphatic heterocycles. The van der Waals surface area contributed by atoms with E-state index in [1.807, 2.05) is 24.4 Å². The average molecular weight is 236 g/mol. The molecule has 0 saturated carbocycles. The predicted octanol–water partition coefficient (Wildman–Crippen LogP) is 2.62. The van der Waals surface area contributed by atoms with Crippen molar-refractivity contribution < 1.29 is 9.32 Å². The molecule has 4 nitrogen and oxygen atoms in total. The van der Waals surface area contributed by atoms with E-state index in [0.29, 0.717) is 12.3 Å². The minimum atomic E-state index is -0.0513. The zero-order valence-electron chi connectivity index (χ0n) is 8.90. The van der Waals surface area contributed by atoms with E-state index in [1.54, 1.807) is 17.4 Å². The first-order valence-corrected chi connectivity index (χ1v) is 5.87. The maximum atomic E-state index is 11.5. The first-order valence-electron chi connectivity index (χ1n) is 4.99. The molecule has 2 heterocycles. The first kappa shape index (κ1) is 10.9. The normalized spacial score (nSPS) is 10.3. The van der Waals surface area contributed by atoms with Gasteiger partial charge in [0, 0.05) is 17.4 Å². The number of rotatable bonds is 4. The van der Waals surface area contributed by atoms with Crippen LogP contribution in [0.15, 0.2) is 28.1 Å². The standard InChI is InChI=1S/C11H12N2O2S/c1-8-7-11(15-13-8)12-10(14)5-4-9-3-2-6-16-9/h2-3,6-7H,4-5H2,1H3,(H,12,14). The molecule has 2 aromatic heterocycles. The number of thiophene rings is 1.